The first kappa shape index (κ1) is 23.5. The fourth-order valence-corrected chi connectivity index (χ4v) is 6.35. The minimum Gasteiger partial charge on any atom is -0.481 e. The highest BCUT2D eigenvalue weighted by Crippen LogP contribution is 2.58. The van der Waals surface area contributed by atoms with E-state index >= 15 is 0 Å². The van der Waals surface area contributed by atoms with Gasteiger partial charge in [0.1, 0.15) is 5.82 Å². The van der Waals surface area contributed by atoms with E-state index in [1.54, 1.807) is 12.1 Å². The third-order valence-electron chi connectivity index (χ3n) is 8.39. The van der Waals surface area contributed by atoms with E-state index in [1.807, 2.05) is 29.0 Å². The summed E-state index contributed by atoms with van der Waals surface area (Å²) in [5.41, 5.74) is 4.44. The van der Waals surface area contributed by atoms with E-state index in [1.165, 1.54) is 6.07 Å². The molecule has 0 aliphatic heterocycles. The molecule has 188 valence electrons. The summed E-state index contributed by atoms with van der Waals surface area (Å²) in [6.07, 6.45) is 4.84. The summed E-state index contributed by atoms with van der Waals surface area (Å²) in [4.78, 5) is 24.5. The molecular weight excluding hydrogens is 467 g/mol. The first-order valence-electron chi connectivity index (χ1n) is 12.8. The molecule has 1 spiro atoms. The molecule has 2 fully saturated rings. The lowest BCUT2D eigenvalue weighted by atomic mass is 9.50. The van der Waals surface area contributed by atoms with Crippen LogP contribution >= 0.6 is 0 Å². The van der Waals surface area contributed by atoms with Gasteiger partial charge in [-0.25, -0.2) is 4.39 Å². The van der Waals surface area contributed by atoms with Crippen molar-refractivity contribution < 1.29 is 19.1 Å². The van der Waals surface area contributed by atoms with Crippen LogP contribution in [0.15, 0.2) is 79.0 Å². The van der Waals surface area contributed by atoms with Crippen molar-refractivity contribution in [2.24, 2.45) is 11.3 Å². The first-order valence-corrected chi connectivity index (χ1v) is 12.8. The summed E-state index contributed by atoms with van der Waals surface area (Å²) in [6.45, 7) is 2.05. The van der Waals surface area contributed by atoms with E-state index in [-0.39, 0.29) is 35.1 Å². The number of carboxylic acid groups (broad SMARTS) is 1. The molecule has 1 unspecified atom stereocenters. The van der Waals surface area contributed by atoms with Crippen molar-refractivity contribution in [2.45, 2.75) is 44.7 Å². The van der Waals surface area contributed by atoms with Gasteiger partial charge in [-0.2, -0.15) is 0 Å². The molecule has 0 radical (unpaired) electrons. The molecule has 2 aliphatic rings. The maximum absolute atomic E-state index is 14.8. The number of hydrogen-bond donors (Lipinski definition) is 2. The second kappa shape index (κ2) is 8.87. The van der Waals surface area contributed by atoms with E-state index in [4.69, 9.17) is 5.11 Å². The van der Waals surface area contributed by atoms with Crippen LogP contribution < -0.4 is 5.32 Å². The first-order chi connectivity index (χ1) is 17.8. The summed E-state index contributed by atoms with van der Waals surface area (Å²) in [7, 11) is 0. The van der Waals surface area contributed by atoms with E-state index < -0.39 is 5.97 Å². The van der Waals surface area contributed by atoms with Crippen LogP contribution in [0, 0.1) is 17.2 Å². The van der Waals surface area contributed by atoms with Gasteiger partial charge < -0.3 is 15.0 Å². The topological polar surface area (TPSA) is 71.3 Å². The fraction of sp³-hybridized carbons (Fsp3) is 0.290. The van der Waals surface area contributed by atoms with Gasteiger partial charge in [0.25, 0.3) is 5.91 Å². The third kappa shape index (κ3) is 4.10. The largest absolute Gasteiger partial charge is 0.481 e. The zero-order valence-electron chi connectivity index (χ0n) is 20.7. The molecule has 37 heavy (non-hydrogen) atoms. The van der Waals surface area contributed by atoms with Crippen LogP contribution in [0.2, 0.25) is 0 Å². The maximum Gasteiger partial charge on any atom is 0.306 e. The van der Waals surface area contributed by atoms with Crippen molar-refractivity contribution in [2.75, 3.05) is 0 Å². The highest BCUT2D eigenvalue weighted by molar-refractivity contribution is 6.06. The Bertz CT molecular complexity index is 1480. The van der Waals surface area contributed by atoms with Crippen LogP contribution in [-0.4, -0.2) is 27.6 Å². The average Bonchev–Trinajstić information content (AvgIpc) is 3.31. The Balaban J connectivity index is 1.23. The molecule has 3 aromatic carbocycles. The summed E-state index contributed by atoms with van der Waals surface area (Å²) in [5, 5.41) is 12.7. The Kier molecular flexibility index (Phi) is 5.63. The summed E-state index contributed by atoms with van der Waals surface area (Å²) in [6, 6.07) is 23.1. The lowest BCUT2D eigenvalue weighted by Gasteiger charge is -2.56. The number of rotatable bonds is 6. The van der Waals surface area contributed by atoms with Crippen molar-refractivity contribution >= 4 is 22.8 Å². The lowest BCUT2D eigenvalue weighted by Crippen LogP contribution is -2.57. The molecular formula is C31H29FN2O3. The zero-order valence-corrected chi connectivity index (χ0v) is 20.7. The van der Waals surface area contributed by atoms with Crippen molar-refractivity contribution in [3.63, 3.8) is 0 Å². The van der Waals surface area contributed by atoms with E-state index in [0.29, 0.717) is 29.3 Å². The molecule has 5 nitrogen and oxygen atoms in total. The molecule has 6 heteroatoms. The minimum absolute atomic E-state index is 0.0220. The Morgan fingerprint density at radius 3 is 2.30 bits per heavy atom. The second-order valence-corrected chi connectivity index (χ2v) is 10.8. The van der Waals surface area contributed by atoms with Crippen molar-refractivity contribution in [1.82, 2.24) is 9.88 Å². The number of carbonyl (C=O) groups is 2. The average molecular weight is 497 g/mol. The van der Waals surface area contributed by atoms with Gasteiger partial charge in [0.15, 0.2) is 0 Å². The number of halogens is 1. The molecule has 0 saturated heterocycles. The Morgan fingerprint density at radius 1 is 0.946 bits per heavy atom. The van der Waals surface area contributed by atoms with Crippen molar-refractivity contribution in [3.05, 3.63) is 95.9 Å². The number of amides is 1. The van der Waals surface area contributed by atoms with Crippen LogP contribution in [0.4, 0.5) is 4.39 Å². The number of carboxylic acids is 1. The summed E-state index contributed by atoms with van der Waals surface area (Å²) in [5.74, 6) is -1.55. The molecule has 6 rings (SSSR count). The van der Waals surface area contributed by atoms with E-state index in [2.05, 4.69) is 48.6 Å². The van der Waals surface area contributed by atoms with Crippen molar-refractivity contribution in [1.29, 1.82) is 0 Å². The van der Waals surface area contributed by atoms with Gasteiger partial charge in [-0.3, -0.25) is 9.59 Å². The Labute approximate surface area is 214 Å². The predicted molar refractivity (Wildman–Crippen MR) is 141 cm³/mol. The summed E-state index contributed by atoms with van der Waals surface area (Å²) < 4.78 is 16.7. The molecule has 2 N–H and O–H groups in total. The number of aromatic nitrogens is 1. The van der Waals surface area contributed by atoms with Crippen LogP contribution in [-0.2, 0) is 4.79 Å². The number of aliphatic carboxylic acids is 1. The predicted octanol–water partition coefficient (Wildman–Crippen LogP) is 6.43. The van der Waals surface area contributed by atoms with Crippen LogP contribution in [0.1, 0.15) is 54.6 Å². The zero-order chi connectivity index (χ0) is 25.7. The van der Waals surface area contributed by atoms with Gasteiger partial charge in [-0.15, -0.1) is 0 Å². The second-order valence-electron chi connectivity index (χ2n) is 10.8. The molecule has 0 bridgehead atoms. The number of carbonyl (C=O) groups excluding carboxylic acids is 1. The minimum atomic E-state index is -0.726. The monoisotopic (exact) mass is 496 g/mol. The fourth-order valence-electron chi connectivity index (χ4n) is 6.35. The van der Waals surface area contributed by atoms with Crippen LogP contribution in [0.3, 0.4) is 0 Å². The molecule has 1 aromatic heterocycles. The standard InChI is InChI=1S/C31H29FN2O3/c1-19(20-7-9-22(10-8-20)21-5-3-2-4-6-21)34-14-13-25-27(32)12-11-26(28(25)34)29(35)33-24-17-31(18-24)15-23(16-31)30(36)37/h2-14,19,23-24H,15-18H2,1H3,(H,33,35)(H,36,37). The Hall–Kier alpha value is -3.93. The van der Waals surface area contributed by atoms with Gasteiger partial charge in [0, 0.05) is 17.6 Å². The van der Waals surface area contributed by atoms with Gasteiger partial charge in [-0.05, 0) is 72.9 Å². The van der Waals surface area contributed by atoms with Gasteiger partial charge in [0.2, 0.25) is 0 Å². The van der Waals surface area contributed by atoms with Gasteiger partial charge in [-0.1, -0.05) is 54.6 Å². The smallest absolute Gasteiger partial charge is 0.306 e. The Morgan fingerprint density at radius 2 is 1.62 bits per heavy atom. The number of fused-ring (bicyclic) bond motifs is 1. The van der Waals surface area contributed by atoms with Crippen LogP contribution in [0.25, 0.3) is 22.0 Å². The molecule has 2 aliphatic carbocycles. The number of hydrogen-bond acceptors (Lipinski definition) is 2. The van der Waals surface area contributed by atoms with E-state index in [0.717, 1.165) is 29.5 Å². The molecule has 1 heterocycles. The normalized spacial score (nSPS) is 23.3. The highest BCUT2D eigenvalue weighted by Gasteiger charge is 2.55. The number of nitrogens with zero attached hydrogens (tertiary/aromatic N) is 1. The lowest BCUT2D eigenvalue weighted by molar-refractivity contribution is -0.155. The molecule has 2 saturated carbocycles. The van der Waals surface area contributed by atoms with Gasteiger partial charge >= 0.3 is 5.97 Å². The SMILES string of the molecule is CC(c1ccc(-c2ccccc2)cc1)n1ccc2c(F)ccc(C(=O)NC3CC4(C3)CC(C(=O)O)C4)c21. The summed E-state index contributed by atoms with van der Waals surface area (Å²) >= 11 is 0. The van der Waals surface area contributed by atoms with E-state index in [9.17, 15) is 14.0 Å². The van der Waals surface area contributed by atoms with Gasteiger partial charge in [0.05, 0.1) is 23.0 Å². The maximum atomic E-state index is 14.8. The van der Waals surface area contributed by atoms with Crippen molar-refractivity contribution in [3.8, 4) is 11.1 Å². The van der Waals surface area contributed by atoms with Crippen LogP contribution in [0.5, 0.6) is 0 Å². The number of benzene rings is 3. The highest BCUT2D eigenvalue weighted by atomic mass is 19.1. The number of nitrogens with one attached hydrogen (secondary N) is 1. The third-order valence-corrected chi connectivity index (χ3v) is 8.39. The quantitative estimate of drug-likeness (QED) is 0.323. The molecule has 1 amide bonds. The molecule has 1 atom stereocenters. The molecule has 4 aromatic rings.